The van der Waals surface area contributed by atoms with Crippen molar-refractivity contribution in [2.45, 2.75) is 29.7 Å². The molecule has 0 unspecified atom stereocenters. The van der Waals surface area contributed by atoms with Crippen LogP contribution < -0.4 is 0 Å². The van der Waals surface area contributed by atoms with E-state index in [0.29, 0.717) is 11.5 Å². The second-order valence-corrected chi connectivity index (χ2v) is 5.42. The van der Waals surface area contributed by atoms with Crippen molar-refractivity contribution in [3.63, 3.8) is 0 Å². The number of hydrogen-bond acceptors (Lipinski definition) is 3. The predicted octanol–water partition coefficient (Wildman–Crippen LogP) is 4.23. The van der Waals surface area contributed by atoms with E-state index < -0.39 is 0 Å². The molecular formula is C15H14N2S. The van der Waals surface area contributed by atoms with E-state index in [-0.39, 0.29) is 0 Å². The maximum atomic E-state index is 8.70. The zero-order valence-electron chi connectivity index (χ0n) is 10.4. The fraction of sp³-hybridized carbons (Fsp3) is 0.200. The van der Waals surface area contributed by atoms with Gasteiger partial charge in [0.25, 0.3) is 0 Å². The van der Waals surface area contributed by atoms with Gasteiger partial charge in [0.05, 0.1) is 5.56 Å². The average molecular weight is 254 g/mol. The Morgan fingerprint density at radius 2 is 1.83 bits per heavy atom. The number of aromatic nitrogens is 1. The highest BCUT2D eigenvalue weighted by atomic mass is 32.2. The lowest BCUT2D eigenvalue weighted by Crippen LogP contribution is -1.86. The molecule has 0 aliphatic carbocycles. The molecular weight excluding hydrogens is 240 g/mol. The minimum absolute atomic E-state index is 0.553. The highest BCUT2D eigenvalue weighted by Gasteiger charge is 2.01. The monoisotopic (exact) mass is 254 g/mol. The summed E-state index contributed by atoms with van der Waals surface area (Å²) < 4.78 is 0. The zero-order chi connectivity index (χ0) is 13.0. The van der Waals surface area contributed by atoms with E-state index in [1.165, 1.54) is 5.56 Å². The highest BCUT2D eigenvalue weighted by molar-refractivity contribution is 7.99. The summed E-state index contributed by atoms with van der Waals surface area (Å²) in [6, 6.07) is 14.3. The Kier molecular flexibility index (Phi) is 4.01. The first-order valence-corrected chi connectivity index (χ1v) is 6.64. The molecule has 0 amide bonds. The van der Waals surface area contributed by atoms with Crippen LogP contribution in [0.4, 0.5) is 0 Å². The number of rotatable bonds is 3. The van der Waals surface area contributed by atoms with Crippen LogP contribution in [-0.4, -0.2) is 4.98 Å². The summed E-state index contributed by atoms with van der Waals surface area (Å²) in [5.74, 6) is 0.553. The topological polar surface area (TPSA) is 36.7 Å². The van der Waals surface area contributed by atoms with E-state index in [2.05, 4.69) is 49.2 Å². The molecule has 18 heavy (non-hydrogen) atoms. The smallest absolute Gasteiger partial charge is 0.101 e. The van der Waals surface area contributed by atoms with E-state index in [4.69, 9.17) is 5.26 Å². The van der Waals surface area contributed by atoms with Gasteiger partial charge in [-0.3, -0.25) is 0 Å². The van der Waals surface area contributed by atoms with Gasteiger partial charge in [-0.05, 0) is 35.7 Å². The minimum atomic E-state index is 0.553. The van der Waals surface area contributed by atoms with Crippen molar-refractivity contribution in [3.05, 3.63) is 53.7 Å². The van der Waals surface area contributed by atoms with Crippen LogP contribution >= 0.6 is 11.8 Å². The van der Waals surface area contributed by atoms with E-state index in [0.717, 1.165) is 9.92 Å². The fourth-order valence-corrected chi connectivity index (χ4v) is 2.30. The molecule has 2 rings (SSSR count). The summed E-state index contributed by atoms with van der Waals surface area (Å²) >= 11 is 1.61. The average Bonchev–Trinajstić information content (AvgIpc) is 2.40. The van der Waals surface area contributed by atoms with Crippen LogP contribution in [0.5, 0.6) is 0 Å². The van der Waals surface area contributed by atoms with Crippen LogP contribution in [0.2, 0.25) is 0 Å². The molecule has 90 valence electrons. The molecule has 3 heteroatoms. The van der Waals surface area contributed by atoms with Crippen molar-refractivity contribution < 1.29 is 0 Å². The van der Waals surface area contributed by atoms with Crippen LogP contribution in [0.25, 0.3) is 0 Å². The Bertz CT molecular complexity index is 551. The first-order chi connectivity index (χ1) is 8.69. The van der Waals surface area contributed by atoms with Crippen molar-refractivity contribution in [1.82, 2.24) is 4.98 Å². The molecule has 0 aliphatic rings. The Morgan fingerprint density at radius 3 is 2.33 bits per heavy atom. The number of nitrogens with zero attached hydrogens (tertiary/aromatic N) is 2. The van der Waals surface area contributed by atoms with E-state index in [1.807, 2.05) is 6.07 Å². The maximum absolute atomic E-state index is 8.70. The van der Waals surface area contributed by atoms with Crippen molar-refractivity contribution in [2.24, 2.45) is 0 Å². The van der Waals surface area contributed by atoms with Crippen LogP contribution in [0.15, 0.2) is 52.5 Å². The Morgan fingerprint density at radius 1 is 1.11 bits per heavy atom. The summed E-state index contributed by atoms with van der Waals surface area (Å²) in [5, 5.41) is 9.61. The first kappa shape index (κ1) is 12.7. The van der Waals surface area contributed by atoms with E-state index in [1.54, 1.807) is 24.0 Å². The SMILES string of the molecule is CC(C)c1ccc(Sc2ccc(C#N)cn2)cc1. The van der Waals surface area contributed by atoms with Crippen LogP contribution in [0.1, 0.15) is 30.9 Å². The molecule has 0 atom stereocenters. The lowest BCUT2D eigenvalue weighted by Gasteiger charge is -2.06. The maximum Gasteiger partial charge on any atom is 0.101 e. The molecule has 1 heterocycles. The second-order valence-electron chi connectivity index (χ2n) is 4.32. The third-order valence-electron chi connectivity index (χ3n) is 2.63. The highest BCUT2D eigenvalue weighted by Crippen LogP contribution is 2.27. The van der Waals surface area contributed by atoms with Gasteiger partial charge in [0, 0.05) is 11.1 Å². The number of hydrogen-bond donors (Lipinski definition) is 0. The summed E-state index contributed by atoms with van der Waals surface area (Å²) in [5.41, 5.74) is 1.93. The van der Waals surface area contributed by atoms with Gasteiger partial charge in [-0.1, -0.05) is 37.7 Å². The molecule has 0 bridgehead atoms. The number of pyridine rings is 1. The van der Waals surface area contributed by atoms with Crippen molar-refractivity contribution >= 4 is 11.8 Å². The molecule has 0 spiro atoms. The molecule has 0 saturated heterocycles. The quantitative estimate of drug-likeness (QED) is 0.822. The number of nitriles is 1. The molecule has 0 radical (unpaired) electrons. The number of benzene rings is 1. The summed E-state index contributed by atoms with van der Waals surface area (Å²) in [4.78, 5) is 5.41. The third-order valence-corrected chi connectivity index (χ3v) is 3.59. The minimum Gasteiger partial charge on any atom is -0.248 e. The lowest BCUT2D eigenvalue weighted by atomic mass is 10.0. The van der Waals surface area contributed by atoms with Gasteiger partial charge in [-0.15, -0.1) is 0 Å². The van der Waals surface area contributed by atoms with Gasteiger partial charge in [-0.25, -0.2) is 4.98 Å². The molecule has 0 aliphatic heterocycles. The van der Waals surface area contributed by atoms with Crippen LogP contribution in [0, 0.1) is 11.3 Å². The Balaban J connectivity index is 2.11. The third kappa shape index (κ3) is 3.12. The molecule has 1 aromatic carbocycles. The summed E-state index contributed by atoms with van der Waals surface area (Å²) in [6.45, 7) is 4.37. The van der Waals surface area contributed by atoms with Crippen LogP contribution in [0.3, 0.4) is 0 Å². The fourth-order valence-electron chi connectivity index (χ4n) is 1.55. The van der Waals surface area contributed by atoms with E-state index >= 15 is 0 Å². The standard InChI is InChI=1S/C15H14N2S/c1-11(2)13-4-6-14(7-5-13)18-15-8-3-12(9-16)10-17-15/h3-8,10-11H,1-2H3. The van der Waals surface area contributed by atoms with Crippen LogP contribution in [-0.2, 0) is 0 Å². The second kappa shape index (κ2) is 5.70. The lowest BCUT2D eigenvalue weighted by molar-refractivity contribution is 0.865. The predicted molar refractivity (Wildman–Crippen MR) is 73.6 cm³/mol. The van der Waals surface area contributed by atoms with Gasteiger partial charge in [0.2, 0.25) is 0 Å². The van der Waals surface area contributed by atoms with Crippen molar-refractivity contribution in [3.8, 4) is 6.07 Å². The van der Waals surface area contributed by atoms with Gasteiger partial charge in [-0.2, -0.15) is 5.26 Å². The first-order valence-electron chi connectivity index (χ1n) is 5.83. The van der Waals surface area contributed by atoms with Gasteiger partial charge >= 0.3 is 0 Å². The van der Waals surface area contributed by atoms with Gasteiger partial charge < -0.3 is 0 Å². The Labute approximate surface area is 112 Å². The molecule has 2 nitrogen and oxygen atoms in total. The Hall–Kier alpha value is -1.79. The molecule has 2 aromatic rings. The largest absolute Gasteiger partial charge is 0.248 e. The summed E-state index contributed by atoms with van der Waals surface area (Å²) in [6.07, 6.45) is 1.60. The molecule has 1 aromatic heterocycles. The molecule has 0 saturated carbocycles. The molecule has 0 fully saturated rings. The zero-order valence-corrected chi connectivity index (χ0v) is 11.2. The summed E-state index contributed by atoms with van der Waals surface area (Å²) in [7, 11) is 0. The van der Waals surface area contributed by atoms with Gasteiger partial charge in [0.15, 0.2) is 0 Å². The normalized spacial score (nSPS) is 10.3. The molecule has 0 N–H and O–H groups in total. The van der Waals surface area contributed by atoms with Gasteiger partial charge in [0.1, 0.15) is 11.1 Å². The van der Waals surface area contributed by atoms with Crippen molar-refractivity contribution in [2.75, 3.05) is 0 Å². The van der Waals surface area contributed by atoms with E-state index in [9.17, 15) is 0 Å². The van der Waals surface area contributed by atoms with Crippen molar-refractivity contribution in [1.29, 1.82) is 5.26 Å².